The number of nitrogens with zero attached hydrogens (tertiary/aromatic N) is 1. The van der Waals surface area contributed by atoms with E-state index in [0.29, 0.717) is 18.2 Å². The second kappa shape index (κ2) is 7.78. The van der Waals surface area contributed by atoms with Crippen molar-refractivity contribution in [3.63, 3.8) is 0 Å². The number of hydrogen-bond acceptors (Lipinski definition) is 5. The topological polar surface area (TPSA) is 77.5 Å². The van der Waals surface area contributed by atoms with E-state index in [1.54, 1.807) is 12.1 Å². The molecule has 0 aliphatic rings. The Kier molecular flexibility index (Phi) is 5.48. The van der Waals surface area contributed by atoms with Crippen LogP contribution in [0.1, 0.15) is 12.5 Å². The highest BCUT2D eigenvalue weighted by Gasteiger charge is 2.06. The van der Waals surface area contributed by atoms with Crippen LogP contribution in [0.3, 0.4) is 0 Å². The number of benzene rings is 1. The number of hydrogen-bond donors (Lipinski definition) is 1. The molecule has 0 atom stereocenters. The first kappa shape index (κ1) is 15.5. The van der Waals surface area contributed by atoms with Gasteiger partial charge in [0.1, 0.15) is 18.2 Å². The molecule has 0 radical (unpaired) electrons. The zero-order chi connectivity index (χ0) is 15.8. The average Bonchev–Trinajstić information content (AvgIpc) is 2.52. The van der Waals surface area contributed by atoms with E-state index in [4.69, 9.17) is 4.74 Å². The highest BCUT2D eigenvalue weighted by molar-refractivity contribution is 5.91. The zero-order valence-electron chi connectivity index (χ0n) is 12.1. The normalized spacial score (nSPS) is 9.86. The van der Waals surface area contributed by atoms with Gasteiger partial charge in [0, 0.05) is 19.2 Å². The second-order valence-electron chi connectivity index (χ2n) is 4.48. The Morgan fingerprint density at radius 2 is 1.95 bits per heavy atom. The molecule has 2 rings (SSSR count). The fraction of sp³-hybridized carbons (Fsp3) is 0.188. The Balaban J connectivity index is 1.89. The fourth-order valence-corrected chi connectivity index (χ4v) is 1.66. The number of carbonyl (C=O) groups excluding carboxylic acids is 2. The third-order valence-corrected chi connectivity index (χ3v) is 2.65. The molecule has 1 heterocycles. The van der Waals surface area contributed by atoms with Crippen LogP contribution in [0.25, 0.3) is 0 Å². The minimum absolute atomic E-state index is 0.336. The number of anilines is 1. The number of aromatic nitrogens is 1. The number of nitrogens with one attached hydrogen (secondary N) is 1. The molecule has 0 saturated carbocycles. The van der Waals surface area contributed by atoms with Crippen LogP contribution in [-0.4, -0.2) is 23.5 Å². The van der Waals surface area contributed by atoms with Gasteiger partial charge in [-0.2, -0.15) is 0 Å². The number of amides is 1. The zero-order valence-corrected chi connectivity index (χ0v) is 12.1. The van der Waals surface area contributed by atoms with Crippen molar-refractivity contribution in [3.05, 3.63) is 54.2 Å². The third kappa shape index (κ3) is 5.24. The van der Waals surface area contributed by atoms with Gasteiger partial charge in [0.15, 0.2) is 6.61 Å². The molecule has 0 spiro atoms. The Hall–Kier alpha value is -2.89. The molecular weight excluding hydrogens is 284 g/mol. The van der Waals surface area contributed by atoms with Crippen LogP contribution in [0.4, 0.5) is 5.82 Å². The summed E-state index contributed by atoms with van der Waals surface area (Å²) in [4.78, 5) is 26.2. The molecule has 6 nitrogen and oxygen atoms in total. The summed E-state index contributed by atoms with van der Waals surface area (Å²) in [5.41, 5.74) is 1.04. The van der Waals surface area contributed by atoms with E-state index in [1.807, 2.05) is 30.3 Å². The SMILES string of the molecule is CC(=O)OCC(=O)Nc1cc(OCc2ccccc2)ccn1. The summed E-state index contributed by atoms with van der Waals surface area (Å²) in [5.74, 6) is -0.0460. The summed E-state index contributed by atoms with van der Waals surface area (Å²) < 4.78 is 10.2. The highest BCUT2D eigenvalue weighted by Crippen LogP contribution is 2.16. The van der Waals surface area contributed by atoms with Crippen LogP contribution in [0.5, 0.6) is 5.75 Å². The van der Waals surface area contributed by atoms with Crippen molar-refractivity contribution >= 4 is 17.7 Å². The maximum absolute atomic E-state index is 11.5. The van der Waals surface area contributed by atoms with Gasteiger partial charge in [0.05, 0.1) is 0 Å². The van der Waals surface area contributed by atoms with Gasteiger partial charge < -0.3 is 14.8 Å². The Morgan fingerprint density at radius 3 is 2.68 bits per heavy atom. The molecule has 6 heteroatoms. The molecule has 1 aromatic carbocycles. The predicted molar refractivity (Wildman–Crippen MR) is 80.3 cm³/mol. The molecule has 0 unspecified atom stereocenters. The first-order valence-electron chi connectivity index (χ1n) is 6.69. The Labute approximate surface area is 128 Å². The van der Waals surface area contributed by atoms with Crippen LogP contribution in [0.15, 0.2) is 48.7 Å². The molecule has 1 aromatic heterocycles. The summed E-state index contributed by atoms with van der Waals surface area (Å²) in [7, 11) is 0. The van der Waals surface area contributed by atoms with Gasteiger partial charge in [0.25, 0.3) is 5.91 Å². The molecule has 0 fully saturated rings. The lowest BCUT2D eigenvalue weighted by Crippen LogP contribution is -2.20. The standard InChI is InChI=1S/C16H16N2O4/c1-12(19)21-11-16(20)18-15-9-14(7-8-17-15)22-10-13-5-3-2-4-6-13/h2-9H,10-11H2,1H3,(H,17,18,20). The molecule has 114 valence electrons. The van der Waals surface area contributed by atoms with Gasteiger partial charge in [0.2, 0.25) is 0 Å². The summed E-state index contributed by atoms with van der Waals surface area (Å²) in [6.07, 6.45) is 1.53. The summed E-state index contributed by atoms with van der Waals surface area (Å²) >= 11 is 0. The van der Waals surface area contributed by atoms with Gasteiger partial charge in [-0.15, -0.1) is 0 Å². The van der Waals surface area contributed by atoms with E-state index in [9.17, 15) is 9.59 Å². The van der Waals surface area contributed by atoms with Crippen molar-refractivity contribution in [2.24, 2.45) is 0 Å². The van der Waals surface area contributed by atoms with Crippen LogP contribution in [0, 0.1) is 0 Å². The lowest BCUT2D eigenvalue weighted by atomic mass is 10.2. The first-order chi connectivity index (χ1) is 10.6. The van der Waals surface area contributed by atoms with E-state index in [-0.39, 0.29) is 6.61 Å². The van der Waals surface area contributed by atoms with Gasteiger partial charge in [-0.25, -0.2) is 4.98 Å². The van der Waals surface area contributed by atoms with Crippen molar-refractivity contribution < 1.29 is 19.1 Å². The van der Waals surface area contributed by atoms with Crippen molar-refractivity contribution in [1.29, 1.82) is 0 Å². The van der Waals surface area contributed by atoms with E-state index in [0.717, 1.165) is 5.56 Å². The van der Waals surface area contributed by atoms with E-state index in [1.165, 1.54) is 13.1 Å². The van der Waals surface area contributed by atoms with Gasteiger partial charge in [-0.05, 0) is 11.6 Å². The monoisotopic (exact) mass is 300 g/mol. The maximum atomic E-state index is 11.5. The minimum Gasteiger partial charge on any atom is -0.489 e. The lowest BCUT2D eigenvalue weighted by molar-refractivity contribution is -0.144. The van der Waals surface area contributed by atoms with Crippen molar-refractivity contribution in [3.8, 4) is 5.75 Å². The van der Waals surface area contributed by atoms with Gasteiger partial charge in [-0.3, -0.25) is 9.59 Å². The van der Waals surface area contributed by atoms with Crippen molar-refractivity contribution in [2.75, 3.05) is 11.9 Å². The van der Waals surface area contributed by atoms with Crippen LogP contribution >= 0.6 is 0 Å². The molecule has 22 heavy (non-hydrogen) atoms. The molecular formula is C16H16N2O4. The number of rotatable bonds is 6. The summed E-state index contributed by atoms with van der Waals surface area (Å²) in [6.45, 7) is 1.32. The number of pyridine rings is 1. The highest BCUT2D eigenvalue weighted by atomic mass is 16.5. The smallest absolute Gasteiger partial charge is 0.303 e. The predicted octanol–water partition coefficient (Wildman–Crippen LogP) is 2.16. The van der Waals surface area contributed by atoms with Crippen LogP contribution < -0.4 is 10.1 Å². The van der Waals surface area contributed by atoms with E-state index >= 15 is 0 Å². The third-order valence-electron chi connectivity index (χ3n) is 2.65. The Bertz CT molecular complexity index is 644. The molecule has 1 N–H and O–H groups in total. The number of esters is 1. The molecule has 2 aromatic rings. The number of ether oxygens (including phenoxy) is 2. The average molecular weight is 300 g/mol. The van der Waals surface area contributed by atoms with E-state index in [2.05, 4.69) is 15.0 Å². The van der Waals surface area contributed by atoms with Gasteiger partial charge in [-0.1, -0.05) is 30.3 Å². The fourth-order valence-electron chi connectivity index (χ4n) is 1.66. The van der Waals surface area contributed by atoms with E-state index < -0.39 is 11.9 Å². The minimum atomic E-state index is -0.511. The largest absolute Gasteiger partial charge is 0.489 e. The van der Waals surface area contributed by atoms with Crippen molar-refractivity contribution in [2.45, 2.75) is 13.5 Å². The van der Waals surface area contributed by atoms with Crippen LogP contribution in [0.2, 0.25) is 0 Å². The first-order valence-corrected chi connectivity index (χ1v) is 6.69. The molecule has 0 aliphatic heterocycles. The van der Waals surface area contributed by atoms with Gasteiger partial charge >= 0.3 is 5.97 Å². The maximum Gasteiger partial charge on any atom is 0.303 e. The second-order valence-corrected chi connectivity index (χ2v) is 4.48. The van der Waals surface area contributed by atoms with Crippen molar-refractivity contribution in [1.82, 2.24) is 4.98 Å². The Morgan fingerprint density at radius 1 is 1.18 bits per heavy atom. The summed E-state index contributed by atoms with van der Waals surface area (Å²) in [5, 5.41) is 2.53. The molecule has 0 bridgehead atoms. The lowest BCUT2D eigenvalue weighted by Gasteiger charge is -2.08. The molecule has 1 amide bonds. The van der Waals surface area contributed by atoms with Crippen LogP contribution in [-0.2, 0) is 20.9 Å². The number of carbonyl (C=O) groups is 2. The summed E-state index contributed by atoms with van der Waals surface area (Å²) in [6, 6.07) is 13.0. The molecule has 0 aliphatic carbocycles. The molecule has 0 saturated heterocycles. The quantitative estimate of drug-likeness (QED) is 0.827.